The molecular formula is C14H23N5S. The van der Waals surface area contributed by atoms with Crippen molar-refractivity contribution >= 4 is 27.4 Å². The van der Waals surface area contributed by atoms with Crippen molar-refractivity contribution in [2.24, 2.45) is 11.8 Å². The summed E-state index contributed by atoms with van der Waals surface area (Å²) in [6.07, 6.45) is 0. The van der Waals surface area contributed by atoms with E-state index in [2.05, 4.69) is 48.0 Å². The topological polar surface area (TPSA) is 67.1 Å². The average molecular weight is 293 g/mol. The molecule has 0 spiro atoms. The maximum atomic E-state index is 5.57. The van der Waals surface area contributed by atoms with Crippen LogP contribution in [0, 0.1) is 5.92 Å². The van der Waals surface area contributed by atoms with E-state index in [0.717, 1.165) is 29.1 Å². The van der Waals surface area contributed by atoms with Gasteiger partial charge >= 0.3 is 0 Å². The van der Waals surface area contributed by atoms with Crippen molar-refractivity contribution in [2.75, 3.05) is 12.0 Å². The van der Waals surface area contributed by atoms with E-state index in [1.807, 2.05) is 11.4 Å². The Balaban J connectivity index is 2.27. The molecule has 6 heteroatoms. The molecule has 5 nitrogen and oxygen atoms in total. The van der Waals surface area contributed by atoms with Crippen LogP contribution in [0.25, 0.3) is 10.2 Å². The number of anilines is 1. The van der Waals surface area contributed by atoms with Gasteiger partial charge in [-0.3, -0.25) is 4.90 Å². The Hall–Kier alpha value is -1.24. The predicted octanol–water partition coefficient (Wildman–Crippen LogP) is 2.84. The minimum atomic E-state index is 0.467. The summed E-state index contributed by atoms with van der Waals surface area (Å²) >= 11 is 1.62. The minimum Gasteiger partial charge on any atom is -0.308 e. The SMILES string of the molecule is CC(C)CN(Cc1nc(NN)c2ccsc2n1)C(C)C. The van der Waals surface area contributed by atoms with Crippen molar-refractivity contribution in [1.82, 2.24) is 14.9 Å². The van der Waals surface area contributed by atoms with Crippen molar-refractivity contribution in [3.8, 4) is 0 Å². The fraction of sp³-hybridized carbons (Fsp3) is 0.571. The van der Waals surface area contributed by atoms with Crippen LogP contribution in [-0.4, -0.2) is 27.5 Å². The normalized spacial score (nSPS) is 12.0. The van der Waals surface area contributed by atoms with E-state index in [0.29, 0.717) is 17.8 Å². The van der Waals surface area contributed by atoms with Gasteiger partial charge in [-0.1, -0.05) is 13.8 Å². The third-order valence-corrected chi connectivity index (χ3v) is 3.99. The van der Waals surface area contributed by atoms with Crippen molar-refractivity contribution in [2.45, 2.75) is 40.3 Å². The van der Waals surface area contributed by atoms with Gasteiger partial charge in [0, 0.05) is 12.6 Å². The van der Waals surface area contributed by atoms with Crippen LogP contribution in [0.15, 0.2) is 11.4 Å². The third kappa shape index (κ3) is 3.45. The molecule has 0 atom stereocenters. The van der Waals surface area contributed by atoms with Gasteiger partial charge in [-0.15, -0.1) is 11.3 Å². The van der Waals surface area contributed by atoms with Crippen LogP contribution in [0.4, 0.5) is 5.82 Å². The summed E-state index contributed by atoms with van der Waals surface area (Å²) in [5, 5.41) is 3.00. The number of aromatic nitrogens is 2. The zero-order valence-corrected chi connectivity index (χ0v) is 13.4. The molecule has 0 fully saturated rings. The maximum Gasteiger partial charge on any atom is 0.152 e. The van der Waals surface area contributed by atoms with Gasteiger partial charge in [-0.25, -0.2) is 15.8 Å². The van der Waals surface area contributed by atoms with E-state index in [9.17, 15) is 0 Å². The molecule has 20 heavy (non-hydrogen) atoms. The molecule has 110 valence electrons. The molecule has 0 bridgehead atoms. The number of nitrogens with zero attached hydrogens (tertiary/aromatic N) is 3. The zero-order chi connectivity index (χ0) is 14.7. The first-order valence-corrected chi connectivity index (χ1v) is 7.84. The van der Waals surface area contributed by atoms with Crippen LogP contribution in [-0.2, 0) is 6.54 Å². The van der Waals surface area contributed by atoms with E-state index in [4.69, 9.17) is 5.84 Å². The number of thiophene rings is 1. The molecule has 0 saturated carbocycles. The lowest BCUT2D eigenvalue weighted by Gasteiger charge is -2.27. The molecule has 3 N–H and O–H groups in total. The number of hydrogen-bond donors (Lipinski definition) is 2. The maximum absolute atomic E-state index is 5.57. The number of rotatable bonds is 6. The monoisotopic (exact) mass is 293 g/mol. The van der Waals surface area contributed by atoms with Gasteiger partial charge in [-0.2, -0.15) is 0 Å². The summed E-state index contributed by atoms with van der Waals surface area (Å²) in [7, 11) is 0. The van der Waals surface area contributed by atoms with Crippen LogP contribution >= 0.6 is 11.3 Å². The van der Waals surface area contributed by atoms with Crippen molar-refractivity contribution in [3.63, 3.8) is 0 Å². The van der Waals surface area contributed by atoms with Gasteiger partial charge in [-0.05, 0) is 31.2 Å². The van der Waals surface area contributed by atoms with Crippen molar-refractivity contribution < 1.29 is 0 Å². The smallest absolute Gasteiger partial charge is 0.152 e. The van der Waals surface area contributed by atoms with Crippen LogP contribution in [0.5, 0.6) is 0 Å². The van der Waals surface area contributed by atoms with Crippen molar-refractivity contribution in [3.05, 3.63) is 17.3 Å². The standard InChI is InChI=1S/C14H23N5S/c1-9(2)7-19(10(3)4)8-12-16-13(18-15)11-5-6-20-14(11)17-12/h5-6,9-10H,7-8,15H2,1-4H3,(H,16,17,18). The van der Waals surface area contributed by atoms with Crippen LogP contribution in [0.1, 0.15) is 33.5 Å². The molecule has 2 rings (SSSR count). The Kier molecular flexibility index (Phi) is 4.91. The summed E-state index contributed by atoms with van der Waals surface area (Å²) in [5.74, 6) is 7.72. The van der Waals surface area contributed by atoms with Gasteiger partial charge < -0.3 is 5.43 Å². The highest BCUT2D eigenvalue weighted by molar-refractivity contribution is 7.16. The molecule has 0 aromatic carbocycles. The second kappa shape index (κ2) is 6.47. The Morgan fingerprint density at radius 2 is 2.05 bits per heavy atom. The fourth-order valence-corrected chi connectivity index (χ4v) is 2.97. The number of hydrogen-bond acceptors (Lipinski definition) is 6. The van der Waals surface area contributed by atoms with E-state index in [-0.39, 0.29) is 0 Å². The molecule has 2 heterocycles. The molecule has 0 radical (unpaired) electrons. The van der Waals surface area contributed by atoms with Gasteiger partial charge in [0.15, 0.2) is 5.82 Å². The van der Waals surface area contributed by atoms with Crippen LogP contribution in [0.3, 0.4) is 0 Å². The second-order valence-electron chi connectivity index (χ2n) is 5.69. The lowest BCUT2D eigenvalue weighted by molar-refractivity contribution is 0.185. The first kappa shape index (κ1) is 15.2. The van der Waals surface area contributed by atoms with E-state index < -0.39 is 0 Å². The highest BCUT2D eigenvalue weighted by atomic mass is 32.1. The van der Waals surface area contributed by atoms with Gasteiger partial charge in [0.25, 0.3) is 0 Å². The first-order valence-electron chi connectivity index (χ1n) is 6.96. The summed E-state index contributed by atoms with van der Waals surface area (Å²) < 4.78 is 0. The largest absolute Gasteiger partial charge is 0.308 e. The Morgan fingerprint density at radius 1 is 1.30 bits per heavy atom. The van der Waals surface area contributed by atoms with Crippen molar-refractivity contribution in [1.29, 1.82) is 0 Å². The van der Waals surface area contributed by atoms with Gasteiger partial charge in [0.2, 0.25) is 0 Å². The van der Waals surface area contributed by atoms with Crippen LogP contribution < -0.4 is 11.3 Å². The highest BCUT2D eigenvalue weighted by Crippen LogP contribution is 2.25. The highest BCUT2D eigenvalue weighted by Gasteiger charge is 2.15. The third-order valence-electron chi connectivity index (χ3n) is 3.18. The van der Waals surface area contributed by atoms with Gasteiger partial charge in [0.05, 0.1) is 11.9 Å². The Morgan fingerprint density at radius 3 is 2.65 bits per heavy atom. The lowest BCUT2D eigenvalue weighted by Crippen LogP contribution is -2.34. The minimum absolute atomic E-state index is 0.467. The molecule has 0 aliphatic rings. The first-order chi connectivity index (χ1) is 9.51. The Bertz CT molecular complexity index is 564. The zero-order valence-electron chi connectivity index (χ0n) is 12.6. The van der Waals surface area contributed by atoms with Gasteiger partial charge in [0.1, 0.15) is 10.7 Å². The quantitative estimate of drug-likeness (QED) is 0.633. The number of fused-ring (bicyclic) bond motifs is 1. The average Bonchev–Trinajstić information content (AvgIpc) is 2.84. The molecular weight excluding hydrogens is 270 g/mol. The van der Waals surface area contributed by atoms with E-state index in [1.54, 1.807) is 11.3 Å². The second-order valence-corrected chi connectivity index (χ2v) is 6.58. The summed E-state index contributed by atoms with van der Waals surface area (Å²) in [4.78, 5) is 12.6. The van der Waals surface area contributed by atoms with E-state index >= 15 is 0 Å². The number of nitrogens with one attached hydrogen (secondary N) is 1. The summed E-state index contributed by atoms with van der Waals surface area (Å²) in [6.45, 7) is 10.6. The number of nitrogen functional groups attached to an aromatic ring is 1. The number of hydrazine groups is 1. The summed E-state index contributed by atoms with van der Waals surface area (Å²) in [6, 6.07) is 2.46. The predicted molar refractivity (Wildman–Crippen MR) is 85.6 cm³/mol. The molecule has 0 aliphatic carbocycles. The molecule has 0 aliphatic heterocycles. The van der Waals surface area contributed by atoms with E-state index in [1.165, 1.54) is 0 Å². The molecule has 0 unspecified atom stereocenters. The summed E-state index contributed by atoms with van der Waals surface area (Å²) in [5.41, 5.74) is 2.68. The Labute approximate surface area is 124 Å². The number of nitrogens with two attached hydrogens (primary N) is 1. The van der Waals surface area contributed by atoms with Crippen LogP contribution in [0.2, 0.25) is 0 Å². The molecule has 2 aromatic heterocycles. The molecule has 0 amide bonds. The molecule has 0 saturated heterocycles. The fourth-order valence-electron chi connectivity index (χ4n) is 2.19. The lowest BCUT2D eigenvalue weighted by atomic mass is 10.2. The molecule has 2 aromatic rings.